The number of likely N-dealkylation sites (tertiary alicyclic amines) is 1. The van der Waals surface area contributed by atoms with Gasteiger partial charge >= 0.3 is 12.2 Å². The summed E-state index contributed by atoms with van der Waals surface area (Å²) in [4.78, 5) is 38.0. The van der Waals surface area contributed by atoms with Crippen molar-refractivity contribution in [2.45, 2.75) is 77.7 Å². The van der Waals surface area contributed by atoms with Gasteiger partial charge in [-0.15, -0.1) is 5.10 Å². The first-order valence-electron chi connectivity index (χ1n) is 16.3. The van der Waals surface area contributed by atoms with E-state index < -0.39 is 25.6 Å². The molecule has 4 aromatic rings. The average molecular weight is 679 g/mol. The third kappa shape index (κ3) is 7.51. The van der Waals surface area contributed by atoms with Gasteiger partial charge < -0.3 is 19.1 Å². The number of benzene rings is 1. The number of carbonyl (C=O) groups excluding carboxylic acids is 2. The number of carbonyl (C=O) groups is 2. The molecule has 2 fully saturated rings. The number of halogens is 1. The van der Waals surface area contributed by atoms with E-state index in [1.165, 1.54) is 12.4 Å². The van der Waals surface area contributed by atoms with Crippen LogP contribution >= 0.6 is 0 Å². The second-order valence-corrected chi connectivity index (χ2v) is 20.2. The van der Waals surface area contributed by atoms with Crippen LogP contribution in [0.3, 0.4) is 0 Å². The highest BCUT2D eigenvalue weighted by molar-refractivity contribution is 6.76. The van der Waals surface area contributed by atoms with Crippen LogP contribution in [0.5, 0.6) is 0 Å². The molecule has 0 aliphatic carbocycles. The molecular formula is C33H43FN8O5Si. The molecule has 6 rings (SSSR count). The highest BCUT2D eigenvalue weighted by Crippen LogP contribution is 2.34. The Morgan fingerprint density at radius 1 is 1.12 bits per heavy atom. The van der Waals surface area contributed by atoms with Crippen molar-refractivity contribution in [2.75, 3.05) is 31.2 Å². The van der Waals surface area contributed by atoms with Crippen molar-refractivity contribution in [3.05, 3.63) is 48.8 Å². The number of anilines is 1. The molecular weight excluding hydrogens is 635 g/mol. The maximum Gasteiger partial charge on any atom is 0.415 e. The molecule has 1 atom stereocenters. The van der Waals surface area contributed by atoms with Crippen molar-refractivity contribution in [3.8, 4) is 22.5 Å². The van der Waals surface area contributed by atoms with Crippen molar-refractivity contribution in [1.82, 2.24) is 34.3 Å². The predicted octanol–water partition coefficient (Wildman–Crippen LogP) is 6.08. The molecule has 0 unspecified atom stereocenters. The fourth-order valence-electron chi connectivity index (χ4n) is 5.92. The van der Waals surface area contributed by atoms with Crippen LogP contribution < -0.4 is 4.90 Å². The molecule has 2 saturated heterocycles. The number of fused-ring (bicyclic) bond motifs is 1. The van der Waals surface area contributed by atoms with E-state index in [0.29, 0.717) is 55.1 Å². The third-order valence-electron chi connectivity index (χ3n) is 8.52. The van der Waals surface area contributed by atoms with Gasteiger partial charge in [0.15, 0.2) is 11.5 Å². The summed E-state index contributed by atoms with van der Waals surface area (Å²) in [7, 11) is -1.20. The molecule has 0 radical (unpaired) electrons. The number of aromatic nitrogens is 6. The molecule has 256 valence electrons. The summed E-state index contributed by atoms with van der Waals surface area (Å²) >= 11 is 0. The van der Waals surface area contributed by atoms with Gasteiger partial charge in [-0.2, -0.15) is 5.10 Å². The molecule has 15 heteroatoms. The Hall–Kier alpha value is -4.37. The zero-order valence-corrected chi connectivity index (χ0v) is 29.3. The van der Waals surface area contributed by atoms with E-state index in [9.17, 15) is 9.59 Å². The largest absolute Gasteiger partial charge is 0.447 e. The summed E-state index contributed by atoms with van der Waals surface area (Å²) in [5.41, 5.74) is 1.34. The summed E-state index contributed by atoms with van der Waals surface area (Å²) < 4.78 is 35.4. The maximum atomic E-state index is 15.5. The lowest BCUT2D eigenvalue weighted by atomic mass is 9.89. The first kappa shape index (κ1) is 33.5. The van der Waals surface area contributed by atoms with Crippen LogP contribution in [-0.2, 0) is 20.9 Å². The topological polar surface area (TPSA) is 129 Å². The number of hydrogen-bond donors (Lipinski definition) is 0. The summed E-state index contributed by atoms with van der Waals surface area (Å²) in [6, 6.07) is 7.36. The van der Waals surface area contributed by atoms with Crippen LogP contribution in [-0.4, -0.2) is 92.5 Å². The van der Waals surface area contributed by atoms with Crippen LogP contribution in [0.2, 0.25) is 25.7 Å². The molecule has 2 aliphatic heterocycles. The van der Waals surface area contributed by atoms with Crippen LogP contribution in [0.4, 0.5) is 19.8 Å². The normalized spacial score (nSPS) is 17.7. The molecule has 2 amide bonds. The number of cyclic esters (lactones) is 1. The van der Waals surface area contributed by atoms with Crippen LogP contribution in [0.1, 0.15) is 33.6 Å². The van der Waals surface area contributed by atoms with E-state index in [4.69, 9.17) is 19.2 Å². The van der Waals surface area contributed by atoms with Gasteiger partial charge in [-0.3, -0.25) is 4.90 Å². The Balaban J connectivity index is 1.17. The van der Waals surface area contributed by atoms with Gasteiger partial charge in [-0.05, 0) is 69.3 Å². The minimum atomic E-state index is -1.20. The maximum absolute atomic E-state index is 15.5. The van der Waals surface area contributed by atoms with Crippen LogP contribution in [0.15, 0.2) is 43.0 Å². The smallest absolute Gasteiger partial charge is 0.415 e. The van der Waals surface area contributed by atoms with Crippen molar-refractivity contribution >= 4 is 31.7 Å². The number of hydrogen-bond acceptors (Lipinski definition) is 9. The second-order valence-electron chi connectivity index (χ2n) is 14.6. The number of ether oxygens (including phenoxy) is 3. The van der Waals surface area contributed by atoms with Gasteiger partial charge in [0.2, 0.25) is 0 Å². The minimum Gasteiger partial charge on any atom is -0.447 e. The lowest BCUT2D eigenvalue weighted by Crippen LogP contribution is -2.47. The molecule has 3 aromatic heterocycles. The SMILES string of the molecule is CC(C)(C)OC(=O)N1CCC([C@H]2COC(=O)N2c2ccn3ncc(-c4ccc(-c5ncn(COCC[Si](C)(C)C)n5)c(F)c4)c3n2)CC1. The fourth-order valence-corrected chi connectivity index (χ4v) is 6.67. The number of piperidine rings is 1. The third-order valence-corrected chi connectivity index (χ3v) is 10.2. The van der Waals surface area contributed by atoms with Crippen molar-refractivity contribution in [2.24, 2.45) is 5.92 Å². The lowest BCUT2D eigenvalue weighted by Gasteiger charge is -2.36. The van der Waals surface area contributed by atoms with Crippen LogP contribution in [0.25, 0.3) is 28.2 Å². The van der Waals surface area contributed by atoms with E-state index in [0.717, 1.165) is 6.04 Å². The Labute approximate surface area is 280 Å². The summed E-state index contributed by atoms with van der Waals surface area (Å²) in [6.45, 7) is 14.6. The molecule has 0 saturated carbocycles. The number of rotatable bonds is 9. The Kier molecular flexibility index (Phi) is 9.26. The lowest BCUT2D eigenvalue weighted by molar-refractivity contribution is 0.0173. The van der Waals surface area contributed by atoms with Crippen LogP contribution in [0, 0.1) is 11.7 Å². The number of nitrogens with zero attached hydrogens (tertiary/aromatic N) is 8. The summed E-state index contributed by atoms with van der Waals surface area (Å²) in [5.74, 6) is 0.308. The molecule has 0 bridgehead atoms. The van der Waals surface area contributed by atoms with Gasteiger partial charge in [0.25, 0.3) is 0 Å². The standard InChI is InChI=1S/C33H43FN8O5Si/c1-33(2,3)47-31(43)39-12-9-22(10-13-39)27-19-46-32(44)42(27)28-11-14-41-30(37-28)25(18-36-41)23-7-8-24(26(34)17-23)29-35-20-40(38-29)21-45-15-16-48(4,5)6/h7-8,11,14,17-18,20,22,27H,9-10,12-13,15-16,19,21H2,1-6H3/t27-/m1/s1. The first-order valence-corrected chi connectivity index (χ1v) is 20.0. The van der Waals surface area contributed by atoms with E-state index in [2.05, 4.69) is 34.8 Å². The monoisotopic (exact) mass is 678 g/mol. The van der Waals surface area contributed by atoms with E-state index in [1.54, 1.807) is 49.6 Å². The molecule has 0 N–H and O–H groups in total. The summed E-state index contributed by atoms with van der Waals surface area (Å²) in [6.07, 6.45) is 5.47. The Bertz CT molecular complexity index is 1790. The first-order chi connectivity index (χ1) is 22.8. The fraction of sp³-hybridized carbons (Fsp3) is 0.515. The molecule has 1 aromatic carbocycles. The predicted molar refractivity (Wildman–Crippen MR) is 180 cm³/mol. The van der Waals surface area contributed by atoms with Crippen molar-refractivity contribution in [1.29, 1.82) is 0 Å². The van der Waals surface area contributed by atoms with Gasteiger partial charge in [-0.1, -0.05) is 25.7 Å². The Morgan fingerprint density at radius 2 is 1.90 bits per heavy atom. The summed E-state index contributed by atoms with van der Waals surface area (Å²) in [5, 5.41) is 8.81. The second kappa shape index (κ2) is 13.3. The molecule has 0 spiro atoms. The van der Waals surface area contributed by atoms with E-state index in [-0.39, 0.29) is 42.8 Å². The molecule has 5 heterocycles. The Morgan fingerprint density at radius 3 is 2.60 bits per heavy atom. The molecule has 48 heavy (non-hydrogen) atoms. The van der Waals surface area contributed by atoms with Gasteiger partial charge in [0, 0.05) is 39.5 Å². The van der Waals surface area contributed by atoms with E-state index in [1.807, 2.05) is 20.8 Å². The number of amides is 2. The average Bonchev–Trinajstić information content (AvgIpc) is 3.76. The molecule has 2 aliphatic rings. The van der Waals surface area contributed by atoms with E-state index >= 15 is 4.39 Å². The zero-order chi connectivity index (χ0) is 34.2. The van der Waals surface area contributed by atoms with Gasteiger partial charge in [-0.25, -0.2) is 33.1 Å². The highest BCUT2D eigenvalue weighted by atomic mass is 28.3. The van der Waals surface area contributed by atoms with Gasteiger partial charge in [0.05, 0.1) is 17.8 Å². The quantitative estimate of drug-likeness (QED) is 0.153. The minimum absolute atomic E-state index is 0.105. The van der Waals surface area contributed by atoms with Crippen molar-refractivity contribution < 1.29 is 28.2 Å². The van der Waals surface area contributed by atoms with Crippen molar-refractivity contribution in [3.63, 3.8) is 0 Å². The molecule has 13 nitrogen and oxygen atoms in total. The zero-order valence-electron chi connectivity index (χ0n) is 28.3. The van der Waals surface area contributed by atoms with Gasteiger partial charge in [0.1, 0.15) is 36.9 Å². The highest BCUT2D eigenvalue weighted by Gasteiger charge is 2.42.